The summed E-state index contributed by atoms with van der Waals surface area (Å²) in [5.41, 5.74) is 1.52. The molecule has 0 fully saturated rings. The number of urea groups is 1. The maximum atomic E-state index is 11.9. The SMILES string of the molecule is COc1ccccc1[C@H](O)CNC(=O)NCc1ccc2c(c1)OCO2. The number of benzene rings is 2. The first-order valence-corrected chi connectivity index (χ1v) is 7.88. The lowest BCUT2D eigenvalue weighted by molar-refractivity contribution is 0.169. The van der Waals surface area contributed by atoms with Crippen LogP contribution in [0.4, 0.5) is 4.79 Å². The number of amides is 2. The first-order chi connectivity index (χ1) is 12.2. The van der Waals surface area contributed by atoms with Gasteiger partial charge < -0.3 is 30.0 Å². The van der Waals surface area contributed by atoms with Gasteiger partial charge in [-0.1, -0.05) is 24.3 Å². The molecule has 1 atom stereocenters. The molecule has 7 nitrogen and oxygen atoms in total. The summed E-state index contributed by atoms with van der Waals surface area (Å²) in [6.45, 7) is 0.633. The summed E-state index contributed by atoms with van der Waals surface area (Å²) in [6, 6.07) is 12.3. The van der Waals surface area contributed by atoms with Crippen molar-refractivity contribution in [3.05, 3.63) is 53.6 Å². The first kappa shape index (κ1) is 16.9. The molecule has 2 aromatic carbocycles. The number of aliphatic hydroxyl groups is 1. The molecular formula is C18H20N2O5. The van der Waals surface area contributed by atoms with Crippen molar-refractivity contribution in [3.63, 3.8) is 0 Å². The summed E-state index contributed by atoms with van der Waals surface area (Å²) in [4.78, 5) is 11.9. The zero-order valence-electron chi connectivity index (χ0n) is 13.8. The van der Waals surface area contributed by atoms with Crippen LogP contribution in [-0.2, 0) is 6.54 Å². The van der Waals surface area contributed by atoms with Crippen molar-refractivity contribution in [2.24, 2.45) is 0 Å². The van der Waals surface area contributed by atoms with E-state index in [0.717, 1.165) is 5.56 Å². The number of hydrogen-bond donors (Lipinski definition) is 3. The Labute approximate surface area is 145 Å². The van der Waals surface area contributed by atoms with Gasteiger partial charge >= 0.3 is 6.03 Å². The minimum atomic E-state index is -0.854. The Balaban J connectivity index is 1.48. The highest BCUT2D eigenvalue weighted by Crippen LogP contribution is 2.32. The molecule has 3 N–H and O–H groups in total. The minimum Gasteiger partial charge on any atom is -0.496 e. The number of carbonyl (C=O) groups excluding carboxylic acids is 1. The van der Waals surface area contributed by atoms with Gasteiger partial charge in [0.05, 0.1) is 13.2 Å². The van der Waals surface area contributed by atoms with E-state index in [4.69, 9.17) is 14.2 Å². The number of rotatable bonds is 6. The zero-order chi connectivity index (χ0) is 17.6. The number of methoxy groups -OCH3 is 1. The normalized spacial score (nSPS) is 13.2. The van der Waals surface area contributed by atoms with E-state index in [0.29, 0.717) is 29.4 Å². The maximum Gasteiger partial charge on any atom is 0.315 e. The average molecular weight is 344 g/mol. The van der Waals surface area contributed by atoms with Gasteiger partial charge in [0, 0.05) is 18.7 Å². The van der Waals surface area contributed by atoms with E-state index in [1.54, 1.807) is 18.2 Å². The van der Waals surface area contributed by atoms with Crippen LogP contribution in [0.3, 0.4) is 0 Å². The monoisotopic (exact) mass is 344 g/mol. The fourth-order valence-electron chi connectivity index (χ4n) is 2.54. The van der Waals surface area contributed by atoms with Crippen LogP contribution in [-0.4, -0.2) is 31.6 Å². The third-order valence-corrected chi connectivity index (χ3v) is 3.84. The van der Waals surface area contributed by atoms with E-state index >= 15 is 0 Å². The van der Waals surface area contributed by atoms with E-state index in [2.05, 4.69) is 10.6 Å². The fourth-order valence-corrected chi connectivity index (χ4v) is 2.54. The van der Waals surface area contributed by atoms with Gasteiger partial charge in [0.2, 0.25) is 6.79 Å². The van der Waals surface area contributed by atoms with Crippen molar-refractivity contribution in [2.45, 2.75) is 12.6 Å². The van der Waals surface area contributed by atoms with Crippen LogP contribution in [0.1, 0.15) is 17.2 Å². The van der Waals surface area contributed by atoms with Gasteiger partial charge in [-0.3, -0.25) is 0 Å². The van der Waals surface area contributed by atoms with Crippen LogP contribution >= 0.6 is 0 Å². The van der Waals surface area contributed by atoms with Crippen molar-refractivity contribution in [1.29, 1.82) is 0 Å². The molecule has 0 aliphatic carbocycles. The molecule has 7 heteroatoms. The standard InChI is InChI=1S/C18H20N2O5/c1-23-15-5-3-2-4-13(15)14(21)10-20-18(22)19-9-12-6-7-16-17(8-12)25-11-24-16/h2-8,14,21H,9-11H2,1H3,(H2,19,20,22)/t14-/m1/s1. The van der Waals surface area contributed by atoms with E-state index in [9.17, 15) is 9.90 Å². The van der Waals surface area contributed by atoms with Crippen LogP contribution in [0.5, 0.6) is 17.2 Å². The summed E-state index contributed by atoms with van der Waals surface area (Å²) >= 11 is 0. The third-order valence-electron chi connectivity index (χ3n) is 3.84. The topological polar surface area (TPSA) is 89.1 Å². The Kier molecular flexibility index (Phi) is 5.25. The average Bonchev–Trinajstić information content (AvgIpc) is 3.12. The lowest BCUT2D eigenvalue weighted by Gasteiger charge is -2.15. The van der Waals surface area contributed by atoms with Crippen molar-refractivity contribution >= 4 is 6.03 Å². The molecule has 1 aliphatic heterocycles. The number of carbonyl (C=O) groups is 1. The number of ether oxygens (including phenoxy) is 3. The highest BCUT2D eigenvalue weighted by atomic mass is 16.7. The quantitative estimate of drug-likeness (QED) is 0.745. The lowest BCUT2D eigenvalue weighted by atomic mass is 10.1. The summed E-state index contributed by atoms with van der Waals surface area (Å²) in [5.74, 6) is 1.96. The third kappa shape index (κ3) is 4.13. The molecule has 3 rings (SSSR count). The van der Waals surface area contributed by atoms with Gasteiger partial charge in [0.15, 0.2) is 11.5 Å². The highest BCUT2D eigenvalue weighted by molar-refractivity contribution is 5.73. The molecule has 0 saturated carbocycles. The Morgan fingerprint density at radius 2 is 2.00 bits per heavy atom. The molecule has 2 amide bonds. The predicted octanol–water partition coefficient (Wildman–Crippen LogP) is 1.96. The van der Waals surface area contributed by atoms with Crippen LogP contribution in [0.15, 0.2) is 42.5 Å². The molecule has 1 heterocycles. The highest BCUT2D eigenvalue weighted by Gasteiger charge is 2.15. The van der Waals surface area contributed by atoms with Gasteiger partial charge in [-0.25, -0.2) is 4.79 Å². The van der Waals surface area contributed by atoms with Crippen LogP contribution < -0.4 is 24.8 Å². The molecule has 0 saturated heterocycles. The molecule has 0 radical (unpaired) electrons. The predicted molar refractivity (Wildman–Crippen MR) is 90.8 cm³/mol. The lowest BCUT2D eigenvalue weighted by Crippen LogP contribution is -2.37. The molecule has 2 aromatic rings. The Hall–Kier alpha value is -2.93. The number of nitrogens with one attached hydrogen (secondary N) is 2. The van der Waals surface area contributed by atoms with Crippen LogP contribution in [0, 0.1) is 0 Å². The number of para-hydroxylation sites is 1. The van der Waals surface area contributed by atoms with Crippen LogP contribution in [0.25, 0.3) is 0 Å². The second-order valence-corrected chi connectivity index (χ2v) is 5.51. The Morgan fingerprint density at radius 1 is 1.20 bits per heavy atom. The Morgan fingerprint density at radius 3 is 2.84 bits per heavy atom. The van der Waals surface area contributed by atoms with Gasteiger partial charge in [-0.05, 0) is 23.8 Å². The van der Waals surface area contributed by atoms with Gasteiger partial charge in [-0.2, -0.15) is 0 Å². The van der Waals surface area contributed by atoms with Gasteiger partial charge in [-0.15, -0.1) is 0 Å². The Bertz CT molecular complexity index is 750. The van der Waals surface area contributed by atoms with Crippen molar-refractivity contribution in [2.75, 3.05) is 20.4 Å². The second-order valence-electron chi connectivity index (χ2n) is 5.51. The smallest absolute Gasteiger partial charge is 0.315 e. The first-order valence-electron chi connectivity index (χ1n) is 7.88. The van der Waals surface area contributed by atoms with E-state index in [1.807, 2.05) is 24.3 Å². The van der Waals surface area contributed by atoms with E-state index in [1.165, 1.54) is 7.11 Å². The summed E-state index contributed by atoms with van der Waals surface area (Å²) in [6.07, 6.45) is -0.854. The summed E-state index contributed by atoms with van der Waals surface area (Å²) in [5, 5.41) is 15.6. The molecule has 0 spiro atoms. The number of hydrogen-bond acceptors (Lipinski definition) is 5. The zero-order valence-corrected chi connectivity index (χ0v) is 13.8. The van der Waals surface area contributed by atoms with Crippen molar-refractivity contribution in [1.82, 2.24) is 10.6 Å². The van der Waals surface area contributed by atoms with Crippen LogP contribution in [0.2, 0.25) is 0 Å². The molecule has 132 valence electrons. The second kappa shape index (κ2) is 7.76. The molecular weight excluding hydrogens is 324 g/mol. The molecule has 1 aliphatic rings. The largest absolute Gasteiger partial charge is 0.496 e. The molecule has 0 bridgehead atoms. The van der Waals surface area contributed by atoms with Gasteiger partial charge in [0.1, 0.15) is 5.75 Å². The summed E-state index contributed by atoms with van der Waals surface area (Å²) in [7, 11) is 1.54. The molecule has 0 unspecified atom stereocenters. The maximum absolute atomic E-state index is 11.9. The number of fused-ring (bicyclic) bond motifs is 1. The minimum absolute atomic E-state index is 0.0767. The fraction of sp³-hybridized carbons (Fsp3) is 0.278. The van der Waals surface area contributed by atoms with Crippen molar-refractivity contribution in [3.8, 4) is 17.2 Å². The number of aliphatic hydroxyl groups excluding tert-OH is 1. The molecule has 25 heavy (non-hydrogen) atoms. The van der Waals surface area contributed by atoms with E-state index < -0.39 is 6.10 Å². The van der Waals surface area contributed by atoms with E-state index in [-0.39, 0.29) is 19.4 Å². The molecule has 0 aromatic heterocycles. The summed E-state index contributed by atoms with van der Waals surface area (Å²) < 4.78 is 15.7. The van der Waals surface area contributed by atoms with Gasteiger partial charge in [0.25, 0.3) is 0 Å². The van der Waals surface area contributed by atoms with Crippen molar-refractivity contribution < 1.29 is 24.1 Å².